The van der Waals surface area contributed by atoms with E-state index in [-0.39, 0.29) is 0 Å². The van der Waals surface area contributed by atoms with E-state index in [2.05, 4.69) is 13.8 Å². The second-order valence-corrected chi connectivity index (χ2v) is 5.10. The van der Waals surface area contributed by atoms with Crippen molar-refractivity contribution in [2.75, 3.05) is 19.8 Å². The fourth-order valence-electron chi connectivity index (χ4n) is 1.44. The molecule has 3 nitrogen and oxygen atoms in total. The number of hydrogen-bond donors (Lipinski definition) is 1. The van der Waals surface area contributed by atoms with Crippen LogP contribution in [0.25, 0.3) is 0 Å². The minimum atomic E-state index is 0.385. The monoisotopic (exact) mass is 267 g/mol. The number of benzene rings is 1. The van der Waals surface area contributed by atoms with Crippen LogP contribution in [0.3, 0.4) is 0 Å². The zero-order valence-corrected chi connectivity index (χ0v) is 12.0. The van der Waals surface area contributed by atoms with Crippen LogP contribution >= 0.6 is 12.2 Å². The van der Waals surface area contributed by atoms with Gasteiger partial charge in [0.1, 0.15) is 17.3 Å². The van der Waals surface area contributed by atoms with Crippen LogP contribution < -0.4 is 10.5 Å². The third-order valence-corrected chi connectivity index (χ3v) is 2.64. The molecule has 0 saturated heterocycles. The molecule has 0 spiro atoms. The maximum atomic E-state index is 5.67. The molecule has 100 valence electrons. The smallest absolute Gasteiger partial charge is 0.123 e. The van der Waals surface area contributed by atoms with E-state index in [0.29, 0.717) is 24.1 Å². The van der Waals surface area contributed by atoms with Crippen LogP contribution in [0.4, 0.5) is 0 Å². The average molecular weight is 267 g/mol. The zero-order chi connectivity index (χ0) is 13.5. The highest BCUT2D eigenvalue weighted by molar-refractivity contribution is 7.80. The summed E-state index contributed by atoms with van der Waals surface area (Å²) in [6.45, 7) is 8.12. The topological polar surface area (TPSA) is 44.5 Å². The number of thiocarbonyl (C=S) groups is 1. The molecule has 0 aromatic heterocycles. The summed E-state index contributed by atoms with van der Waals surface area (Å²) in [7, 11) is 0. The van der Waals surface area contributed by atoms with Gasteiger partial charge in [-0.1, -0.05) is 38.2 Å². The van der Waals surface area contributed by atoms with Gasteiger partial charge in [0.2, 0.25) is 0 Å². The Morgan fingerprint density at radius 1 is 1.33 bits per heavy atom. The molecule has 0 aliphatic rings. The largest absolute Gasteiger partial charge is 0.491 e. The molecule has 0 aliphatic heterocycles. The molecule has 4 heteroatoms. The van der Waals surface area contributed by atoms with Crippen molar-refractivity contribution in [3.63, 3.8) is 0 Å². The van der Waals surface area contributed by atoms with Crippen LogP contribution in [0.1, 0.15) is 25.0 Å². The molecule has 1 aromatic rings. The SMILES string of the molecule is Cc1ccc(C(N)=S)cc1OCCOCC(C)C. The molecule has 0 radical (unpaired) electrons. The van der Waals surface area contributed by atoms with Crippen molar-refractivity contribution >= 4 is 17.2 Å². The fourth-order valence-corrected chi connectivity index (χ4v) is 1.57. The van der Waals surface area contributed by atoms with Gasteiger partial charge in [-0.2, -0.15) is 0 Å². The highest BCUT2D eigenvalue weighted by atomic mass is 32.1. The van der Waals surface area contributed by atoms with Crippen LogP contribution in [0.5, 0.6) is 5.75 Å². The highest BCUT2D eigenvalue weighted by Gasteiger charge is 2.03. The molecule has 0 fully saturated rings. The lowest BCUT2D eigenvalue weighted by Crippen LogP contribution is -2.12. The third-order valence-electron chi connectivity index (χ3n) is 2.41. The minimum absolute atomic E-state index is 0.385. The Morgan fingerprint density at radius 2 is 2.06 bits per heavy atom. The first-order valence-electron chi connectivity index (χ1n) is 6.11. The standard InChI is InChI=1S/C14H21NO2S/c1-10(2)9-16-6-7-17-13-8-12(14(15)18)5-4-11(13)3/h4-5,8,10H,6-7,9H2,1-3H3,(H2,15,18). The van der Waals surface area contributed by atoms with E-state index >= 15 is 0 Å². The predicted octanol–water partition coefficient (Wildman–Crippen LogP) is 2.68. The summed E-state index contributed by atoms with van der Waals surface area (Å²) in [5, 5.41) is 0. The maximum absolute atomic E-state index is 5.67. The molecule has 2 N–H and O–H groups in total. The number of ether oxygens (including phenoxy) is 2. The van der Waals surface area contributed by atoms with Crippen molar-refractivity contribution < 1.29 is 9.47 Å². The molecule has 18 heavy (non-hydrogen) atoms. The van der Waals surface area contributed by atoms with Crippen LogP contribution in [-0.4, -0.2) is 24.8 Å². The molecule has 0 amide bonds. The first-order chi connectivity index (χ1) is 8.50. The van der Waals surface area contributed by atoms with Crippen molar-refractivity contribution in [2.24, 2.45) is 11.7 Å². The lowest BCUT2D eigenvalue weighted by Gasteiger charge is -2.11. The van der Waals surface area contributed by atoms with Crippen molar-refractivity contribution in [2.45, 2.75) is 20.8 Å². The van der Waals surface area contributed by atoms with Gasteiger partial charge in [0.15, 0.2) is 0 Å². The molecule has 0 unspecified atom stereocenters. The Labute approximate surface area is 114 Å². The lowest BCUT2D eigenvalue weighted by molar-refractivity contribution is 0.0817. The fraction of sp³-hybridized carbons (Fsp3) is 0.500. The number of rotatable bonds is 7. The van der Waals surface area contributed by atoms with Crippen LogP contribution in [0, 0.1) is 12.8 Å². The molecule has 1 aromatic carbocycles. The zero-order valence-electron chi connectivity index (χ0n) is 11.2. The summed E-state index contributed by atoms with van der Waals surface area (Å²) in [6.07, 6.45) is 0. The van der Waals surface area contributed by atoms with E-state index in [1.807, 2.05) is 25.1 Å². The lowest BCUT2D eigenvalue weighted by atomic mass is 10.1. The van der Waals surface area contributed by atoms with Gasteiger partial charge < -0.3 is 15.2 Å². The molecule has 0 bridgehead atoms. The van der Waals surface area contributed by atoms with Gasteiger partial charge >= 0.3 is 0 Å². The minimum Gasteiger partial charge on any atom is -0.491 e. The predicted molar refractivity (Wildman–Crippen MR) is 78.2 cm³/mol. The van der Waals surface area contributed by atoms with Crippen molar-refractivity contribution in [1.29, 1.82) is 0 Å². The quantitative estimate of drug-likeness (QED) is 0.609. The molecule has 0 saturated carbocycles. The molecule has 0 atom stereocenters. The highest BCUT2D eigenvalue weighted by Crippen LogP contribution is 2.19. The summed E-state index contributed by atoms with van der Waals surface area (Å²) >= 11 is 4.95. The van der Waals surface area contributed by atoms with Gasteiger partial charge in [0.25, 0.3) is 0 Å². The summed E-state index contributed by atoms with van der Waals surface area (Å²) in [5.41, 5.74) is 7.49. The number of aryl methyl sites for hydroxylation is 1. The van der Waals surface area contributed by atoms with E-state index in [4.69, 9.17) is 27.4 Å². The van der Waals surface area contributed by atoms with Crippen molar-refractivity contribution in [3.05, 3.63) is 29.3 Å². The van der Waals surface area contributed by atoms with Crippen LogP contribution in [-0.2, 0) is 4.74 Å². The Kier molecular flexibility index (Phi) is 6.09. The van der Waals surface area contributed by atoms with E-state index in [1.165, 1.54) is 0 Å². The molecular formula is C14H21NO2S. The van der Waals surface area contributed by atoms with Gasteiger partial charge in [-0.15, -0.1) is 0 Å². The molecule has 1 rings (SSSR count). The van der Waals surface area contributed by atoms with Crippen LogP contribution in [0.15, 0.2) is 18.2 Å². The van der Waals surface area contributed by atoms with Gasteiger partial charge in [0.05, 0.1) is 6.61 Å². The second kappa shape index (κ2) is 7.34. The summed E-state index contributed by atoms with van der Waals surface area (Å²) in [5.74, 6) is 1.36. The summed E-state index contributed by atoms with van der Waals surface area (Å²) < 4.78 is 11.1. The third kappa shape index (κ3) is 5.02. The first kappa shape index (κ1) is 14.9. The molecule has 0 aliphatic carbocycles. The second-order valence-electron chi connectivity index (χ2n) is 4.66. The van der Waals surface area contributed by atoms with Gasteiger partial charge in [-0.05, 0) is 24.5 Å². The Balaban J connectivity index is 2.46. The van der Waals surface area contributed by atoms with Crippen molar-refractivity contribution in [3.8, 4) is 5.75 Å². The summed E-state index contributed by atoms with van der Waals surface area (Å²) in [4.78, 5) is 0.385. The number of nitrogens with two attached hydrogens (primary N) is 1. The van der Waals surface area contributed by atoms with Gasteiger partial charge in [-0.25, -0.2) is 0 Å². The Hall–Kier alpha value is -1.13. The molecular weight excluding hydrogens is 246 g/mol. The van der Waals surface area contributed by atoms with E-state index in [0.717, 1.165) is 23.5 Å². The van der Waals surface area contributed by atoms with E-state index < -0.39 is 0 Å². The summed E-state index contributed by atoms with van der Waals surface area (Å²) in [6, 6.07) is 5.73. The van der Waals surface area contributed by atoms with Gasteiger partial charge in [-0.3, -0.25) is 0 Å². The van der Waals surface area contributed by atoms with Gasteiger partial charge in [0, 0.05) is 12.2 Å². The van der Waals surface area contributed by atoms with Crippen LogP contribution in [0.2, 0.25) is 0 Å². The normalized spacial score (nSPS) is 10.7. The molecule has 0 heterocycles. The number of hydrogen-bond acceptors (Lipinski definition) is 3. The maximum Gasteiger partial charge on any atom is 0.123 e. The van der Waals surface area contributed by atoms with Crippen molar-refractivity contribution in [1.82, 2.24) is 0 Å². The Morgan fingerprint density at radius 3 is 2.67 bits per heavy atom. The average Bonchev–Trinajstić information content (AvgIpc) is 2.30. The Bertz CT molecular complexity index is 405. The van der Waals surface area contributed by atoms with E-state index in [9.17, 15) is 0 Å². The first-order valence-corrected chi connectivity index (χ1v) is 6.52. The van der Waals surface area contributed by atoms with E-state index in [1.54, 1.807) is 0 Å².